The standard InChI is InChI=1S/C9H15N3O2/c1-7(2)12-8(10-6-11-12)9(13)3-4-14-5-9/h6-7,13H,3-5H2,1-2H3. The SMILES string of the molecule is CC(C)n1ncnc1C1(O)CCOC1. The van der Waals surface area contributed by atoms with Crippen molar-refractivity contribution >= 4 is 0 Å². The summed E-state index contributed by atoms with van der Waals surface area (Å²) in [5, 5.41) is 14.3. The maximum Gasteiger partial charge on any atom is 0.161 e. The number of hydrogen-bond acceptors (Lipinski definition) is 4. The quantitative estimate of drug-likeness (QED) is 0.748. The number of ether oxygens (including phenoxy) is 1. The van der Waals surface area contributed by atoms with Gasteiger partial charge in [-0.1, -0.05) is 0 Å². The van der Waals surface area contributed by atoms with Gasteiger partial charge >= 0.3 is 0 Å². The van der Waals surface area contributed by atoms with Crippen LogP contribution in [0.25, 0.3) is 0 Å². The molecule has 0 saturated carbocycles. The molecule has 0 spiro atoms. The second-order valence-electron chi connectivity index (χ2n) is 3.96. The van der Waals surface area contributed by atoms with Gasteiger partial charge in [0.05, 0.1) is 13.2 Å². The van der Waals surface area contributed by atoms with Crippen LogP contribution < -0.4 is 0 Å². The Hall–Kier alpha value is -0.940. The molecule has 0 aliphatic carbocycles. The largest absolute Gasteiger partial charge is 0.379 e. The molecule has 1 aliphatic heterocycles. The zero-order valence-corrected chi connectivity index (χ0v) is 8.47. The van der Waals surface area contributed by atoms with Crippen molar-refractivity contribution in [2.24, 2.45) is 0 Å². The molecule has 1 aromatic rings. The van der Waals surface area contributed by atoms with Crippen LogP contribution in [-0.2, 0) is 10.3 Å². The Kier molecular flexibility index (Phi) is 2.28. The Bertz CT molecular complexity index is 316. The summed E-state index contributed by atoms with van der Waals surface area (Å²) in [6, 6.07) is 0.206. The van der Waals surface area contributed by atoms with Gasteiger partial charge in [0.2, 0.25) is 0 Å². The Labute approximate surface area is 82.7 Å². The fourth-order valence-electron chi connectivity index (χ4n) is 1.69. The first-order chi connectivity index (χ1) is 6.63. The lowest BCUT2D eigenvalue weighted by Crippen LogP contribution is -2.31. The fraction of sp³-hybridized carbons (Fsp3) is 0.778. The molecule has 1 N–H and O–H groups in total. The van der Waals surface area contributed by atoms with Crippen molar-refractivity contribution < 1.29 is 9.84 Å². The molecule has 78 valence electrons. The second kappa shape index (κ2) is 3.33. The van der Waals surface area contributed by atoms with Crippen LogP contribution in [0.15, 0.2) is 6.33 Å². The minimum atomic E-state index is -0.944. The van der Waals surface area contributed by atoms with E-state index < -0.39 is 5.60 Å². The van der Waals surface area contributed by atoms with Crippen molar-refractivity contribution in [2.45, 2.75) is 31.9 Å². The Morgan fingerprint density at radius 2 is 2.43 bits per heavy atom. The van der Waals surface area contributed by atoms with Gasteiger partial charge in [0.1, 0.15) is 11.9 Å². The fourth-order valence-corrected chi connectivity index (χ4v) is 1.69. The first-order valence-corrected chi connectivity index (χ1v) is 4.83. The normalized spacial score (nSPS) is 27.4. The van der Waals surface area contributed by atoms with E-state index in [1.165, 1.54) is 6.33 Å². The Morgan fingerprint density at radius 3 is 3.00 bits per heavy atom. The van der Waals surface area contributed by atoms with Crippen molar-refractivity contribution in [2.75, 3.05) is 13.2 Å². The van der Waals surface area contributed by atoms with E-state index >= 15 is 0 Å². The zero-order valence-electron chi connectivity index (χ0n) is 8.47. The summed E-state index contributed by atoms with van der Waals surface area (Å²) in [5.74, 6) is 0.616. The predicted octanol–water partition coefficient (Wildman–Crippen LogP) is 0.467. The van der Waals surface area contributed by atoms with Gasteiger partial charge in [-0.25, -0.2) is 9.67 Å². The van der Waals surface area contributed by atoms with E-state index in [2.05, 4.69) is 10.1 Å². The van der Waals surface area contributed by atoms with E-state index in [1.54, 1.807) is 4.68 Å². The molecule has 1 aliphatic rings. The Balaban J connectivity index is 2.35. The minimum absolute atomic E-state index is 0.206. The average molecular weight is 197 g/mol. The number of aliphatic hydroxyl groups is 1. The van der Waals surface area contributed by atoms with Crippen LogP contribution in [0.4, 0.5) is 0 Å². The van der Waals surface area contributed by atoms with Crippen LogP contribution in [-0.4, -0.2) is 33.1 Å². The topological polar surface area (TPSA) is 60.2 Å². The van der Waals surface area contributed by atoms with E-state index in [1.807, 2.05) is 13.8 Å². The van der Waals surface area contributed by atoms with Crippen molar-refractivity contribution in [1.29, 1.82) is 0 Å². The van der Waals surface area contributed by atoms with Crippen LogP contribution >= 0.6 is 0 Å². The predicted molar refractivity (Wildman–Crippen MR) is 49.7 cm³/mol. The summed E-state index contributed by atoms with van der Waals surface area (Å²) in [6.45, 7) is 4.93. The lowest BCUT2D eigenvalue weighted by Gasteiger charge is -2.21. The summed E-state index contributed by atoms with van der Waals surface area (Å²) in [7, 11) is 0. The number of nitrogens with zero attached hydrogens (tertiary/aromatic N) is 3. The van der Waals surface area contributed by atoms with Crippen molar-refractivity contribution in [3.63, 3.8) is 0 Å². The first kappa shape index (κ1) is 9.61. The highest BCUT2D eigenvalue weighted by atomic mass is 16.5. The van der Waals surface area contributed by atoms with E-state index in [4.69, 9.17) is 4.74 Å². The van der Waals surface area contributed by atoms with Gasteiger partial charge in [-0.3, -0.25) is 0 Å². The summed E-state index contributed by atoms with van der Waals surface area (Å²) in [5.41, 5.74) is -0.944. The van der Waals surface area contributed by atoms with Gasteiger partial charge in [-0.05, 0) is 13.8 Å². The molecule has 0 amide bonds. The molecular formula is C9H15N3O2. The first-order valence-electron chi connectivity index (χ1n) is 4.83. The average Bonchev–Trinajstić information content (AvgIpc) is 2.71. The molecular weight excluding hydrogens is 182 g/mol. The summed E-state index contributed by atoms with van der Waals surface area (Å²) in [4.78, 5) is 4.11. The summed E-state index contributed by atoms with van der Waals surface area (Å²) in [6.07, 6.45) is 2.07. The second-order valence-corrected chi connectivity index (χ2v) is 3.96. The molecule has 1 atom stereocenters. The third kappa shape index (κ3) is 1.42. The van der Waals surface area contributed by atoms with Gasteiger partial charge in [-0.15, -0.1) is 0 Å². The molecule has 14 heavy (non-hydrogen) atoms. The van der Waals surface area contributed by atoms with E-state index in [0.717, 1.165) is 0 Å². The molecule has 0 aromatic carbocycles. The van der Waals surface area contributed by atoms with Gasteiger partial charge < -0.3 is 9.84 Å². The summed E-state index contributed by atoms with van der Waals surface area (Å²) < 4.78 is 6.93. The van der Waals surface area contributed by atoms with E-state index in [0.29, 0.717) is 25.5 Å². The monoisotopic (exact) mass is 197 g/mol. The van der Waals surface area contributed by atoms with Crippen molar-refractivity contribution in [1.82, 2.24) is 14.8 Å². The third-order valence-corrected chi connectivity index (χ3v) is 2.48. The molecule has 1 aromatic heterocycles. The molecule has 5 heteroatoms. The minimum Gasteiger partial charge on any atom is -0.379 e. The van der Waals surface area contributed by atoms with Crippen LogP contribution in [0.5, 0.6) is 0 Å². The molecule has 1 unspecified atom stereocenters. The Morgan fingerprint density at radius 1 is 1.64 bits per heavy atom. The molecule has 1 saturated heterocycles. The molecule has 2 rings (SSSR count). The van der Waals surface area contributed by atoms with E-state index in [9.17, 15) is 5.11 Å². The maximum absolute atomic E-state index is 10.2. The van der Waals surface area contributed by atoms with Crippen LogP contribution in [0.3, 0.4) is 0 Å². The molecule has 5 nitrogen and oxygen atoms in total. The molecule has 0 bridgehead atoms. The smallest absolute Gasteiger partial charge is 0.161 e. The van der Waals surface area contributed by atoms with Crippen LogP contribution in [0.2, 0.25) is 0 Å². The molecule has 1 fully saturated rings. The van der Waals surface area contributed by atoms with Crippen molar-refractivity contribution in [3.8, 4) is 0 Å². The zero-order chi connectivity index (χ0) is 10.2. The van der Waals surface area contributed by atoms with Crippen LogP contribution in [0.1, 0.15) is 32.1 Å². The van der Waals surface area contributed by atoms with Gasteiger partial charge in [0.15, 0.2) is 5.82 Å². The third-order valence-electron chi connectivity index (χ3n) is 2.48. The number of rotatable bonds is 2. The molecule has 0 radical (unpaired) electrons. The lowest BCUT2D eigenvalue weighted by molar-refractivity contribution is 0.0105. The maximum atomic E-state index is 10.2. The van der Waals surface area contributed by atoms with Gasteiger partial charge in [-0.2, -0.15) is 5.10 Å². The highest BCUT2D eigenvalue weighted by molar-refractivity contribution is 5.04. The van der Waals surface area contributed by atoms with Gasteiger partial charge in [0.25, 0.3) is 0 Å². The molecule has 2 heterocycles. The highest BCUT2D eigenvalue weighted by Gasteiger charge is 2.39. The van der Waals surface area contributed by atoms with Crippen LogP contribution in [0, 0.1) is 0 Å². The number of aromatic nitrogens is 3. The highest BCUT2D eigenvalue weighted by Crippen LogP contribution is 2.29. The number of hydrogen-bond donors (Lipinski definition) is 1. The lowest BCUT2D eigenvalue weighted by atomic mass is 10.0. The van der Waals surface area contributed by atoms with Crippen molar-refractivity contribution in [3.05, 3.63) is 12.2 Å². The summed E-state index contributed by atoms with van der Waals surface area (Å²) >= 11 is 0. The van der Waals surface area contributed by atoms with Gasteiger partial charge in [0, 0.05) is 12.5 Å². The van der Waals surface area contributed by atoms with E-state index in [-0.39, 0.29) is 6.04 Å².